The molecule has 0 saturated carbocycles. The number of aromatic nitrogens is 2. The van der Waals surface area contributed by atoms with Gasteiger partial charge in [0.2, 0.25) is 0 Å². The minimum absolute atomic E-state index is 0.0132. The molecule has 118 valence electrons. The number of hydrogen-bond acceptors (Lipinski definition) is 3. The Morgan fingerprint density at radius 1 is 1.29 bits per heavy atom. The molecule has 0 amide bonds. The number of aromatic amines is 1. The van der Waals surface area contributed by atoms with E-state index in [0.717, 1.165) is 32.4 Å². The number of likely N-dealkylation sites (tertiary alicyclic amines) is 1. The van der Waals surface area contributed by atoms with Crippen molar-refractivity contribution in [1.29, 1.82) is 0 Å². The molecule has 2 heterocycles. The third-order valence-corrected chi connectivity index (χ3v) is 4.79. The van der Waals surface area contributed by atoms with Gasteiger partial charge in [0.25, 0.3) is 5.56 Å². The Hall–Kier alpha value is -1.07. The first-order valence-electron chi connectivity index (χ1n) is 7.56. The Balaban J connectivity index is 2.34. The number of nitrogens with one attached hydrogen (secondary N) is 1. The van der Waals surface area contributed by atoms with E-state index in [4.69, 9.17) is 11.6 Å². The minimum atomic E-state index is -0.398. The zero-order valence-electron chi connectivity index (χ0n) is 13.0. The van der Waals surface area contributed by atoms with Crippen LogP contribution in [-0.2, 0) is 13.0 Å². The molecular weight excluding hydrogens is 290 g/mol. The fourth-order valence-corrected chi connectivity index (χ4v) is 3.15. The monoisotopic (exact) mass is 313 g/mol. The second-order valence-electron chi connectivity index (χ2n) is 6.48. The molecule has 0 atom stereocenters. The van der Waals surface area contributed by atoms with Crippen LogP contribution in [0.1, 0.15) is 38.7 Å². The second kappa shape index (κ2) is 6.36. The minimum Gasteiger partial charge on any atom is -0.306 e. The van der Waals surface area contributed by atoms with E-state index in [9.17, 15) is 9.59 Å². The maximum absolute atomic E-state index is 12.5. The largest absolute Gasteiger partial charge is 0.329 e. The average molecular weight is 314 g/mol. The molecule has 1 saturated heterocycles. The standard InChI is InChI=1S/C15H24ClN3O2/c1-4-5-11-12(16)17-14(21)19(13(11)20)10-15(2)6-8-18(3)9-7-15/h4-10H2,1-3H3,(H,17,21). The SMILES string of the molecule is CCCc1c(Cl)[nH]c(=O)n(CC2(C)CCN(C)CC2)c1=O. The summed E-state index contributed by atoms with van der Waals surface area (Å²) < 4.78 is 1.34. The molecule has 1 aromatic rings. The predicted octanol–water partition coefficient (Wildman–Crippen LogP) is 1.87. The molecule has 0 radical (unpaired) electrons. The van der Waals surface area contributed by atoms with Gasteiger partial charge >= 0.3 is 5.69 Å². The van der Waals surface area contributed by atoms with Gasteiger partial charge in [-0.2, -0.15) is 0 Å². The van der Waals surface area contributed by atoms with Crippen molar-refractivity contribution >= 4 is 11.6 Å². The van der Waals surface area contributed by atoms with Crippen molar-refractivity contribution in [1.82, 2.24) is 14.5 Å². The molecule has 0 unspecified atom stereocenters. The van der Waals surface area contributed by atoms with Crippen molar-refractivity contribution in [2.75, 3.05) is 20.1 Å². The van der Waals surface area contributed by atoms with Crippen molar-refractivity contribution in [3.63, 3.8) is 0 Å². The first-order chi connectivity index (χ1) is 9.86. The number of H-pyrrole nitrogens is 1. The van der Waals surface area contributed by atoms with Crippen molar-refractivity contribution in [3.8, 4) is 0 Å². The van der Waals surface area contributed by atoms with E-state index in [1.165, 1.54) is 4.57 Å². The van der Waals surface area contributed by atoms with Gasteiger partial charge < -0.3 is 4.90 Å². The van der Waals surface area contributed by atoms with Crippen molar-refractivity contribution in [3.05, 3.63) is 31.6 Å². The lowest BCUT2D eigenvalue weighted by Crippen LogP contribution is -2.45. The highest BCUT2D eigenvalue weighted by Gasteiger charge is 2.30. The quantitative estimate of drug-likeness (QED) is 0.863. The number of rotatable bonds is 4. The first-order valence-corrected chi connectivity index (χ1v) is 7.94. The topological polar surface area (TPSA) is 58.1 Å². The zero-order valence-corrected chi connectivity index (χ0v) is 13.8. The van der Waals surface area contributed by atoms with E-state index >= 15 is 0 Å². The molecule has 1 fully saturated rings. The van der Waals surface area contributed by atoms with Crippen LogP contribution < -0.4 is 11.2 Å². The smallest absolute Gasteiger partial charge is 0.306 e. The number of hydrogen-bond donors (Lipinski definition) is 1. The molecule has 21 heavy (non-hydrogen) atoms. The highest BCUT2D eigenvalue weighted by Crippen LogP contribution is 2.31. The lowest BCUT2D eigenvalue weighted by Gasteiger charge is -2.38. The predicted molar refractivity (Wildman–Crippen MR) is 85.2 cm³/mol. The highest BCUT2D eigenvalue weighted by atomic mass is 35.5. The molecule has 1 aliphatic heterocycles. The lowest BCUT2D eigenvalue weighted by molar-refractivity contribution is 0.118. The lowest BCUT2D eigenvalue weighted by atomic mass is 9.80. The summed E-state index contributed by atoms with van der Waals surface area (Å²) in [6.07, 6.45) is 3.39. The first kappa shape index (κ1) is 16.3. The van der Waals surface area contributed by atoms with Crippen LogP contribution in [0.4, 0.5) is 0 Å². The zero-order chi connectivity index (χ0) is 15.6. The van der Waals surface area contributed by atoms with Gasteiger partial charge in [-0.25, -0.2) is 4.79 Å². The summed E-state index contributed by atoms with van der Waals surface area (Å²) in [5.74, 6) is 0. The van der Waals surface area contributed by atoms with Crippen LogP contribution in [0.3, 0.4) is 0 Å². The number of piperidine rings is 1. The summed E-state index contributed by atoms with van der Waals surface area (Å²) in [5, 5.41) is 0.191. The van der Waals surface area contributed by atoms with Gasteiger partial charge in [0.15, 0.2) is 0 Å². The molecule has 1 aromatic heterocycles. The van der Waals surface area contributed by atoms with E-state index in [2.05, 4.69) is 23.9 Å². The van der Waals surface area contributed by atoms with Crippen LogP contribution in [0, 0.1) is 5.41 Å². The normalized spacial score (nSPS) is 18.9. The Bertz CT molecular complexity index is 612. The maximum Gasteiger partial charge on any atom is 0.329 e. The summed E-state index contributed by atoms with van der Waals surface area (Å²) >= 11 is 6.01. The molecule has 2 rings (SSSR count). The molecule has 5 nitrogen and oxygen atoms in total. The van der Waals surface area contributed by atoms with Crippen LogP contribution >= 0.6 is 11.6 Å². The summed E-state index contributed by atoms with van der Waals surface area (Å²) in [6.45, 7) is 6.60. The van der Waals surface area contributed by atoms with Crippen LogP contribution in [-0.4, -0.2) is 34.6 Å². The Morgan fingerprint density at radius 3 is 2.48 bits per heavy atom. The van der Waals surface area contributed by atoms with E-state index < -0.39 is 5.69 Å². The van der Waals surface area contributed by atoms with Gasteiger partial charge in [0, 0.05) is 6.54 Å². The number of halogens is 1. The molecule has 0 bridgehead atoms. The molecule has 0 spiro atoms. The van der Waals surface area contributed by atoms with Gasteiger partial charge in [0.1, 0.15) is 5.15 Å². The van der Waals surface area contributed by atoms with Crippen LogP contribution in [0.25, 0.3) is 0 Å². The molecule has 0 aliphatic carbocycles. The van der Waals surface area contributed by atoms with Crippen molar-refractivity contribution in [2.45, 2.75) is 46.1 Å². The van der Waals surface area contributed by atoms with E-state index in [-0.39, 0.29) is 16.1 Å². The molecule has 0 aromatic carbocycles. The fourth-order valence-electron chi connectivity index (χ4n) is 2.89. The van der Waals surface area contributed by atoms with Crippen molar-refractivity contribution in [2.24, 2.45) is 5.41 Å². The average Bonchev–Trinajstić information content (AvgIpc) is 2.43. The van der Waals surface area contributed by atoms with Gasteiger partial charge in [-0.05, 0) is 44.8 Å². The van der Waals surface area contributed by atoms with Crippen LogP contribution in [0.15, 0.2) is 9.59 Å². The second-order valence-corrected chi connectivity index (χ2v) is 6.86. The Labute approximate surface area is 129 Å². The third-order valence-electron chi connectivity index (χ3n) is 4.46. The maximum atomic E-state index is 12.5. The van der Waals surface area contributed by atoms with Gasteiger partial charge in [-0.1, -0.05) is 31.9 Å². The van der Waals surface area contributed by atoms with Crippen LogP contribution in [0.2, 0.25) is 5.15 Å². The van der Waals surface area contributed by atoms with Crippen LogP contribution in [0.5, 0.6) is 0 Å². The molecule has 6 heteroatoms. The Kier molecular flexibility index (Phi) is 4.94. The fraction of sp³-hybridized carbons (Fsp3) is 0.733. The van der Waals surface area contributed by atoms with Gasteiger partial charge in [0.05, 0.1) is 5.56 Å². The summed E-state index contributed by atoms with van der Waals surface area (Å²) in [4.78, 5) is 29.5. The molecule has 1 N–H and O–H groups in total. The van der Waals surface area contributed by atoms with E-state index in [0.29, 0.717) is 18.5 Å². The number of nitrogens with zero attached hydrogens (tertiary/aromatic N) is 2. The van der Waals surface area contributed by atoms with Gasteiger partial charge in [-0.15, -0.1) is 0 Å². The molecular formula is C15H24ClN3O2. The third kappa shape index (κ3) is 3.58. The molecule has 1 aliphatic rings. The van der Waals surface area contributed by atoms with E-state index in [1.54, 1.807) is 0 Å². The van der Waals surface area contributed by atoms with E-state index in [1.807, 2.05) is 6.92 Å². The summed E-state index contributed by atoms with van der Waals surface area (Å²) in [5.41, 5.74) is -0.119. The summed E-state index contributed by atoms with van der Waals surface area (Å²) in [7, 11) is 2.10. The summed E-state index contributed by atoms with van der Waals surface area (Å²) in [6, 6.07) is 0. The van der Waals surface area contributed by atoms with Crippen molar-refractivity contribution < 1.29 is 0 Å². The van der Waals surface area contributed by atoms with Gasteiger partial charge in [-0.3, -0.25) is 14.3 Å². The highest BCUT2D eigenvalue weighted by molar-refractivity contribution is 6.30. The Morgan fingerprint density at radius 2 is 1.90 bits per heavy atom.